The summed E-state index contributed by atoms with van der Waals surface area (Å²) in [6.45, 7) is 1.74. The molecule has 0 saturated heterocycles. The van der Waals surface area contributed by atoms with E-state index in [2.05, 4.69) is 3.63 Å². The molecule has 9 heteroatoms. The Kier molecular flexibility index (Phi) is 5.53. The summed E-state index contributed by atoms with van der Waals surface area (Å²) in [5.41, 5.74) is -5.40. The predicted octanol–water partition coefficient (Wildman–Crippen LogP) is 3.20. The Labute approximate surface area is 118 Å². The summed E-state index contributed by atoms with van der Waals surface area (Å²) in [5.74, 6) is 0.0712. The lowest BCUT2D eigenvalue weighted by molar-refractivity contribution is -0.119. The molecule has 1 aliphatic carbocycles. The Morgan fingerprint density at radius 1 is 1.30 bits per heavy atom. The minimum Gasteiger partial charge on any atom is -0.298 e. The van der Waals surface area contributed by atoms with Gasteiger partial charge in [0.1, 0.15) is 5.25 Å². The van der Waals surface area contributed by atoms with E-state index in [1.54, 1.807) is 6.92 Å². The normalized spacial score (nSPS) is 26.1. The molecule has 1 aliphatic rings. The molecule has 120 valence electrons. The van der Waals surface area contributed by atoms with Crippen molar-refractivity contribution in [3.05, 3.63) is 0 Å². The van der Waals surface area contributed by atoms with E-state index in [1.807, 2.05) is 0 Å². The predicted molar refractivity (Wildman–Crippen MR) is 73.5 cm³/mol. The number of hydrogen-bond acceptors (Lipinski definition) is 3. The van der Waals surface area contributed by atoms with Crippen LogP contribution in [0.5, 0.6) is 0 Å². The first-order valence-electron chi connectivity index (χ1n) is 6.36. The Morgan fingerprint density at radius 3 is 2.35 bits per heavy atom. The smallest absolute Gasteiger partial charge is 0.298 e. The molecule has 1 N–H and O–H groups in total. The summed E-state index contributed by atoms with van der Waals surface area (Å²) < 4.78 is 63.3. The molecule has 4 nitrogen and oxygen atoms in total. The molecule has 1 fully saturated rings. The van der Waals surface area contributed by atoms with Crippen molar-refractivity contribution in [2.45, 2.75) is 49.8 Å². The number of halogens is 3. The van der Waals surface area contributed by atoms with Crippen LogP contribution in [0.25, 0.3) is 0 Å². The third kappa shape index (κ3) is 3.88. The number of rotatable bonds is 5. The van der Waals surface area contributed by atoms with Crippen LogP contribution in [0.2, 0.25) is 0 Å². The molecule has 0 aromatic heterocycles. The highest BCUT2D eigenvalue weighted by Gasteiger charge is 2.57. The summed E-state index contributed by atoms with van der Waals surface area (Å²) in [7, 11) is -8.05. The van der Waals surface area contributed by atoms with Crippen molar-refractivity contribution in [1.82, 2.24) is 0 Å². The van der Waals surface area contributed by atoms with E-state index >= 15 is 0 Å². The lowest BCUT2D eigenvalue weighted by atomic mass is 9.99. The minimum absolute atomic E-state index is 0.150. The molecule has 2 unspecified atom stereocenters. The maximum Gasteiger partial charge on any atom is 0.572 e. The molecule has 0 heterocycles. The fraction of sp³-hybridized carbons (Fsp3) is 0.909. The van der Waals surface area contributed by atoms with Crippen molar-refractivity contribution in [3.8, 4) is 0 Å². The van der Waals surface area contributed by atoms with E-state index in [9.17, 15) is 26.4 Å². The van der Waals surface area contributed by atoms with Crippen LogP contribution >= 0.6 is 10.3 Å². The molecule has 0 aromatic rings. The number of ketones is 1. The first-order chi connectivity index (χ1) is 9.03. The molecule has 0 radical (unpaired) electrons. The highest BCUT2D eigenvalue weighted by atomic mass is 32.3. The third-order valence-electron chi connectivity index (χ3n) is 3.29. The molecule has 1 rings (SSSR count). The van der Waals surface area contributed by atoms with Gasteiger partial charge in [-0.2, -0.15) is 13.2 Å². The monoisotopic (exact) mass is 337 g/mol. The van der Waals surface area contributed by atoms with Crippen molar-refractivity contribution >= 4 is 26.2 Å². The fourth-order valence-corrected chi connectivity index (χ4v) is 7.71. The third-order valence-corrected chi connectivity index (χ3v) is 8.98. The standard InChI is InChI=1S/C11H19F3O4S2/c1-3-8-19(2,10-7-5-4-6-9(10)15)18-20(16,17)11(12,13)14/h10H,3-8H2,1-2H3/p+1. The van der Waals surface area contributed by atoms with Gasteiger partial charge < -0.3 is 0 Å². The van der Waals surface area contributed by atoms with Crippen molar-refractivity contribution in [2.75, 3.05) is 12.0 Å². The second kappa shape index (κ2) is 6.23. The van der Waals surface area contributed by atoms with Crippen molar-refractivity contribution in [3.63, 3.8) is 0 Å². The fourth-order valence-electron chi connectivity index (χ4n) is 2.40. The maximum atomic E-state index is 12.5. The Hall–Kier alpha value is -0.280. The topological polar surface area (TPSA) is 64.0 Å². The van der Waals surface area contributed by atoms with Crippen molar-refractivity contribution in [2.24, 2.45) is 0 Å². The van der Waals surface area contributed by atoms with Gasteiger partial charge in [0, 0.05) is 18.4 Å². The largest absolute Gasteiger partial charge is 0.572 e. The van der Waals surface area contributed by atoms with Crippen LogP contribution in [0.4, 0.5) is 13.2 Å². The molecule has 1 saturated carbocycles. The zero-order valence-electron chi connectivity index (χ0n) is 11.4. The average Bonchev–Trinajstić information content (AvgIpc) is 2.27. The first-order valence-corrected chi connectivity index (χ1v) is 10.0. The summed E-state index contributed by atoms with van der Waals surface area (Å²) >= 11 is 0. The Bertz CT molecular complexity index is 461. The summed E-state index contributed by atoms with van der Waals surface area (Å²) in [4.78, 5) is 11.9. The zero-order chi connectivity index (χ0) is 15.6. The minimum atomic E-state index is -5.54. The Balaban J connectivity index is 3.06. The molecule has 0 aromatic carbocycles. The van der Waals surface area contributed by atoms with Gasteiger partial charge in [-0.1, -0.05) is 13.3 Å². The number of Topliss-reactive ketones (excluding diaryl/α,β-unsaturated/α-hetero) is 1. The van der Waals surface area contributed by atoms with Gasteiger partial charge in [-0.25, -0.2) is 0 Å². The van der Waals surface area contributed by atoms with Gasteiger partial charge in [0.25, 0.3) is 0 Å². The van der Waals surface area contributed by atoms with Gasteiger partial charge in [0.2, 0.25) is 0 Å². The lowest BCUT2D eigenvalue weighted by Crippen LogP contribution is -2.39. The van der Waals surface area contributed by atoms with Crippen LogP contribution in [0, 0.1) is 0 Å². The highest BCUT2D eigenvalue weighted by Crippen LogP contribution is 2.54. The van der Waals surface area contributed by atoms with Gasteiger partial charge in [-0.3, -0.25) is 8.42 Å². The molecule has 0 aliphatic heterocycles. The van der Waals surface area contributed by atoms with Gasteiger partial charge >= 0.3 is 15.6 Å². The van der Waals surface area contributed by atoms with Crippen molar-refractivity contribution in [1.29, 1.82) is 0 Å². The van der Waals surface area contributed by atoms with Crippen LogP contribution in [0.1, 0.15) is 39.0 Å². The maximum absolute atomic E-state index is 12.5. The van der Waals surface area contributed by atoms with Gasteiger partial charge in [0.05, 0.1) is 0 Å². The van der Waals surface area contributed by atoms with Crippen LogP contribution in [-0.2, 0) is 14.9 Å². The highest BCUT2D eigenvalue weighted by molar-refractivity contribution is 8.32. The number of alkyl halides is 3. The first kappa shape index (κ1) is 17.8. The molecule has 2 atom stereocenters. The molecule has 0 amide bonds. The van der Waals surface area contributed by atoms with E-state index in [0.717, 1.165) is 6.42 Å². The van der Waals surface area contributed by atoms with Gasteiger partial charge in [-0.05, 0) is 29.6 Å². The number of hydrogen-bond donors (Lipinski definition) is 0. The quantitative estimate of drug-likeness (QED) is 0.440. The molecular weight excluding hydrogens is 317 g/mol. The lowest BCUT2D eigenvalue weighted by Gasteiger charge is -2.38. The molecule has 0 spiro atoms. The second-order valence-electron chi connectivity index (χ2n) is 5.01. The van der Waals surface area contributed by atoms with Crippen LogP contribution < -0.4 is 0 Å². The van der Waals surface area contributed by atoms with E-state index in [1.165, 1.54) is 6.26 Å². The molecular formula is C11H20F3O4S2+. The second-order valence-corrected chi connectivity index (χ2v) is 10.2. The summed E-state index contributed by atoms with van der Waals surface area (Å²) in [6, 6.07) is 0. The van der Waals surface area contributed by atoms with Crippen LogP contribution in [0.3, 0.4) is 0 Å². The van der Waals surface area contributed by atoms with Gasteiger partial charge in [-0.15, -0.1) is 8.42 Å². The average molecular weight is 337 g/mol. The van der Waals surface area contributed by atoms with Crippen molar-refractivity contribution < 1.29 is 30.0 Å². The van der Waals surface area contributed by atoms with E-state index in [0.29, 0.717) is 25.7 Å². The number of carbonyl (C=O) groups excluding carboxylic acids is 1. The Morgan fingerprint density at radius 2 is 1.90 bits per heavy atom. The molecule has 20 heavy (non-hydrogen) atoms. The van der Waals surface area contributed by atoms with E-state index < -0.39 is 31.2 Å². The van der Waals surface area contributed by atoms with Crippen LogP contribution in [0.15, 0.2) is 0 Å². The summed E-state index contributed by atoms with van der Waals surface area (Å²) in [6.07, 6.45) is 4.09. The van der Waals surface area contributed by atoms with Crippen LogP contribution in [-0.4, -0.2) is 40.6 Å². The van der Waals surface area contributed by atoms with E-state index in [-0.39, 0.29) is 11.5 Å². The van der Waals surface area contributed by atoms with E-state index in [4.69, 9.17) is 0 Å². The zero-order valence-corrected chi connectivity index (χ0v) is 13.1. The van der Waals surface area contributed by atoms with Gasteiger partial charge in [0.15, 0.2) is 5.78 Å². The summed E-state index contributed by atoms with van der Waals surface area (Å²) in [5, 5.41) is -0.659. The SMILES string of the molecule is CCCS(C)([OH+]S(=O)(=O)C(F)(F)F)C1CCCCC1=O. The number of carbonyl (C=O) groups is 1. The molecule has 0 bridgehead atoms.